The second-order valence-corrected chi connectivity index (χ2v) is 7.61. The van der Waals surface area contributed by atoms with Gasteiger partial charge in [0.05, 0.1) is 6.54 Å². The molecule has 156 valence electrons. The highest BCUT2D eigenvalue weighted by molar-refractivity contribution is 6.33. The van der Waals surface area contributed by atoms with E-state index in [1.54, 1.807) is 10.7 Å². The molecule has 0 aliphatic rings. The Morgan fingerprint density at radius 1 is 1.09 bits per heavy atom. The van der Waals surface area contributed by atoms with Gasteiger partial charge >= 0.3 is 0 Å². The van der Waals surface area contributed by atoms with Crippen LogP contribution >= 0.6 is 11.6 Å². The van der Waals surface area contributed by atoms with Gasteiger partial charge in [0.2, 0.25) is 5.82 Å². The molecule has 0 aliphatic carbocycles. The highest BCUT2D eigenvalue weighted by Crippen LogP contribution is 2.39. The molecule has 0 fully saturated rings. The lowest BCUT2D eigenvalue weighted by atomic mass is 9.97. The lowest BCUT2D eigenvalue weighted by Gasteiger charge is -2.08. The Bertz CT molecular complexity index is 1480. The molecule has 0 unspecified atom stereocenters. The zero-order valence-corrected chi connectivity index (χ0v) is 17.8. The van der Waals surface area contributed by atoms with Crippen molar-refractivity contribution >= 4 is 17.1 Å². The van der Waals surface area contributed by atoms with Crippen LogP contribution in [0.25, 0.3) is 49.9 Å². The van der Waals surface area contributed by atoms with E-state index in [0.29, 0.717) is 22.3 Å². The Hall–Kier alpha value is -4.13. The lowest BCUT2D eigenvalue weighted by molar-refractivity contribution is 0.860. The molecule has 0 atom stereocenters. The summed E-state index contributed by atoms with van der Waals surface area (Å²) < 4.78 is 3.61. The molecule has 0 radical (unpaired) electrons. The van der Waals surface area contributed by atoms with Crippen molar-refractivity contribution in [3.05, 3.63) is 94.3 Å². The van der Waals surface area contributed by atoms with Gasteiger partial charge in [0.25, 0.3) is 0 Å². The predicted molar refractivity (Wildman–Crippen MR) is 124 cm³/mol. The van der Waals surface area contributed by atoms with Gasteiger partial charge in [-0.3, -0.25) is 0 Å². The predicted octanol–water partition coefficient (Wildman–Crippen LogP) is 5.93. The van der Waals surface area contributed by atoms with E-state index < -0.39 is 0 Å². The van der Waals surface area contributed by atoms with Crippen LogP contribution < -0.4 is 0 Å². The average Bonchev–Trinajstić information content (AvgIpc) is 3.42. The van der Waals surface area contributed by atoms with E-state index >= 15 is 0 Å². The van der Waals surface area contributed by atoms with Gasteiger partial charge in [-0.15, -0.1) is 5.10 Å². The van der Waals surface area contributed by atoms with Gasteiger partial charge in [0.15, 0.2) is 11.0 Å². The SMILES string of the molecule is Cn1ccnc1-c1nc(Cl)c2c(-c3ccccc3)c(-c3cccc(CN=[N+]=[N-])c3)cn2n1. The van der Waals surface area contributed by atoms with E-state index in [2.05, 4.69) is 20.0 Å². The normalized spacial score (nSPS) is 10.9. The molecular formula is C23H17ClN8. The standard InChI is InChI=1S/C23H17ClN8/c1-31-11-10-26-23(31)22-28-21(24)20-19(16-7-3-2-4-8-16)18(14-32(20)29-22)17-9-5-6-15(12-17)13-27-30-25/h2-12,14H,13H2,1H3. The number of benzene rings is 2. The van der Waals surface area contributed by atoms with Crippen LogP contribution in [0.3, 0.4) is 0 Å². The largest absolute Gasteiger partial charge is 0.331 e. The molecule has 0 aliphatic heterocycles. The van der Waals surface area contributed by atoms with Gasteiger partial charge in [-0.2, -0.15) is 0 Å². The van der Waals surface area contributed by atoms with E-state index in [0.717, 1.165) is 27.8 Å². The first-order valence-corrected chi connectivity index (χ1v) is 10.3. The molecular weight excluding hydrogens is 424 g/mol. The van der Waals surface area contributed by atoms with Crippen molar-refractivity contribution in [3.63, 3.8) is 0 Å². The Morgan fingerprint density at radius 2 is 1.91 bits per heavy atom. The van der Waals surface area contributed by atoms with Gasteiger partial charge < -0.3 is 4.57 Å². The monoisotopic (exact) mass is 440 g/mol. The number of azide groups is 1. The Kier molecular flexibility index (Phi) is 5.07. The number of rotatable bonds is 5. The molecule has 5 rings (SSSR count). The fourth-order valence-corrected chi connectivity index (χ4v) is 4.04. The van der Waals surface area contributed by atoms with E-state index in [-0.39, 0.29) is 6.54 Å². The average molecular weight is 441 g/mol. The van der Waals surface area contributed by atoms with Gasteiger partial charge in [0.1, 0.15) is 5.52 Å². The highest BCUT2D eigenvalue weighted by atomic mass is 35.5. The van der Waals surface area contributed by atoms with E-state index in [1.165, 1.54) is 0 Å². The van der Waals surface area contributed by atoms with Gasteiger partial charge in [-0.1, -0.05) is 71.3 Å². The summed E-state index contributed by atoms with van der Waals surface area (Å²) in [5, 5.41) is 8.74. The van der Waals surface area contributed by atoms with Crippen LogP contribution in [0.15, 0.2) is 78.3 Å². The van der Waals surface area contributed by atoms with Crippen molar-refractivity contribution in [2.75, 3.05) is 0 Å². The number of nitrogens with zero attached hydrogens (tertiary/aromatic N) is 8. The van der Waals surface area contributed by atoms with Crippen LogP contribution in [-0.4, -0.2) is 24.1 Å². The number of halogens is 1. The first-order valence-electron chi connectivity index (χ1n) is 9.88. The number of fused-ring (bicyclic) bond motifs is 1. The van der Waals surface area contributed by atoms with Crippen molar-refractivity contribution in [2.24, 2.45) is 12.2 Å². The minimum atomic E-state index is 0.280. The Morgan fingerprint density at radius 3 is 2.66 bits per heavy atom. The molecule has 9 heteroatoms. The molecule has 0 bridgehead atoms. The summed E-state index contributed by atoms with van der Waals surface area (Å²) in [6.45, 7) is 0.280. The Labute approximate surface area is 188 Å². The Balaban J connectivity index is 1.78. The van der Waals surface area contributed by atoms with Crippen LogP contribution in [0.2, 0.25) is 5.15 Å². The number of hydrogen-bond acceptors (Lipinski definition) is 4. The second kappa shape index (κ2) is 8.19. The first kappa shape index (κ1) is 19.8. The fraction of sp³-hybridized carbons (Fsp3) is 0.0870. The summed E-state index contributed by atoms with van der Waals surface area (Å²) in [6.07, 6.45) is 5.48. The summed E-state index contributed by atoms with van der Waals surface area (Å²) in [5.74, 6) is 1.06. The van der Waals surface area contributed by atoms with Crippen molar-refractivity contribution < 1.29 is 0 Å². The third kappa shape index (κ3) is 3.47. The van der Waals surface area contributed by atoms with Crippen molar-refractivity contribution in [1.29, 1.82) is 0 Å². The summed E-state index contributed by atoms with van der Waals surface area (Å²) in [5.41, 5.74) is 14.2. The molecule has 0 saturated heterocycles. The minimum Gasteiger partial charge on any atom is -0.331 e. The number of aryl methyl sites for hydroxylation is 1. The lowest BCUT2D eigenvalue weighted by Crippen LogP contribution is -2.02. The van der Waals surface area contributed by atoms with Crippen LogP contribution in [0.1, 0.15) is 5.56 Å². The maximum Gasteiger partial charge on any atom is 0.217 e. The van der Waals surface area contributed by atoms with Gasteiger partial charge in [-0.25, -0.2) is 14.5 Å². The maximum atomic E-state index is 8.67. The number of hydrogen-bond donors (Lipinski definition) is 0. The maximum absolute atomic E-state index is 8.67. The summed E-state index contributed by atoms with van der Waals surface area (Å²) in [6, 6.07) is 17.9. The van der Waals surface area contributed by atoms with Gasteiger partial charge in [-0.05, 0) is 22.2 Å². The first-order chi connectivity index (χ1) is 15.7. The van der Waals surface area contributed by atoms with Crippen molar-refractivity contribution in [1.82, 2.24) is 24.1 Å². The van der Waals surface area contributed by atoms with Crippen LogP contribution in [0.4, 0.5) is 0 Å². The number of aromatic nitrogens is 5. The van der Waals surface area contributed by atoms with E-state index in [1.807, 2.05) is 78.6 Å². The van der Waals surface area contributed by atoms with Crippen LogP contribution in [0, 0.1) is 0 Å². The molecule has 0 amide bonds. The van der Waals surface area contributed by atoms with Gasteiger partial charge in [0, 0.05) is 41.7 Å². The van der Waals surface area contributed by atoms with Crippen molar-refractivity contribution in [3.8, 4) is 33.9 Å². The summed E-state index contributed by atoms with van der Waals surface area (Å²) in [4.78, 5) is 11.8. The molecule has 8 nitrogen and oxygen atoms in total. The molecule has 32 heavy (non-hydrogen) atoms. The third-order valence-electron chi connectivity index (χ3n) is 5.23. The zero-order valence-electron chi connectivity index (χ0n) is 17.1. The molecule has 3 heterocycles. The van der Waals surface area contributed by atoms with Crippen LogP contribution in [-0.2, 0) is 13.6 Å². The van der Waals surface area contributed by atoms with Crippen LogP contribution in [0.5, 0.6) is 0 Å². The molecule has 5 aromatic rings. The highest BCUT2D eigenvalue weighted by Gasteiger charge is 2.21. The van der Waals surface area contributed by atoms with Crippen molar-refractivity contribution in [2.45, 2.75) is 6.54 Å². The quantitative estimate of drug-likeness (QED) is 0.192. The van der Waals surface area contributed by atoms with E-state index in [4.69, 9.17) is 22.2 Å². The molecule has 0 saturated carbocycles. The molecule has 0 N–H and O–H groups in total. The minimum absolute atomic E-state index is 0.280. The smallest absolute Gasteiger partial charge is 0.217 e. The topological polar surface area (TPSA) is 96.8 Å². The molecule has 0 spiro atoms. The third-order valence-corrected chi connectivity index (χ3v) is 5.49. The molecule has 3 aromatic heterocycles. The van der Waals surface area contributed by atoms with E-state index in [9.17, 15) is 0 Å². The second-order valence-electron chi connectivity index (χ2n) is 7.25. The zero-order chi connectivity index (χ0) is 22.1. The summed E-state index contributed by atoms with van der Waals surface area (Å²) in [7, 11) is 1.88. The number of imidazole rings is 1. The molecule has 2 aromatic carbocycles. The summed E-state index contributed by atoms with van der Waals surface area (Å²) >= 11 is 6.72. The fourth-order valence-electron chi connectivity index (χ4n) is 3.78.